The van der Waals surface area contributed by atoms with E-state index in [2.05, 4.69) is 6.58 Å². The fourth-order valence-corrected chi connectivity index (χ4v) is 7.61. The van der Waals surface area contributed by atoms with Crippen LogP contribution in [0, 0.1) is 39.9 Å². The molecule has 0 aromatic heterocycles. The number of aliphatic carboxylic acids is 2. The molecule has 6 heteroatoms. The summed E-state index contributed by atoms with van der Waals surface area (Å²) in [6, 6.07) is 0. The van der Waals surface area contributed by atoms with Crippen molar-refractivity contribution in [2.24, 2.45) is 39.9 Å². The fraction of sp³-hybridized carbons (Fsp3) is 0.750. The van der Waals surface area contributed by atoms with Crippen LogP contribution in [0.2, 0.25) is 0 Å². The topological polar surface area (TPSA) is 112 Å². The molecule has 2 bridgehead atoms. The summed E-state index contributed by atoms with van der Waals surface area (Å²) in [5.74, 6) is -4.13. The standard InChI is InChI=1S/C20H26O6/c1-10-7-20-8-11(10)12(22)6-13(20)19(9-21)5-3-4-18(2,17(25)26)15(19)14(20)16(23)24/h9,11-15,22H,1,3-8H2,2H3,(H,23,24)(H,25,26)/t11?,12-,13+,14-,15-,18-,19-,20-/m1/s1. The maximum atomic E-state index is 12.5. The molecule has 6 nitrogen and oxygen atoms in total. The zero-order valence-corrected chi connectivity index (χ0v) is 15.0. The number of carboxylic acid groups (broad SMARTS) is 2. The minimum absolute atomic E-state index is 0.145. The Morgan fingerprint density at radius 3 is 2.54 bits per heavy atom. The molecule has 0 saturated heterocycles. The minimum Gasteiger partial charge on any atom is -0.481 e. The average molecular weight is 362 g/mol. The van der Waals surface area contributed by atoms with Crippen molar-refractivity contribution >= 4 is 18.2 Å². The lowest BCUT2D eigenvalue weighted by atomic mass is 9.53. The van der Waals surface area contributed by atoms with E-state index in [4.69, 9.17) is 0 Å². The van der Waals surface area contributed by atoms with Gasteiger partial charge in [0.2, 0.25) is 0 Å². The van der Waals surface area contributed by atoms with E-state index in [1.807, 2.05) is 0 Å². The number of carbonyl (C=O) groups is 3. The quantitative estimate of drug-likeness (QED) is 0.524. The summed E-state index contributed by atoms with van der Waals surface area (Å²) in [5, 5.41) is 30.8. The number of fused-ring (bicyclic) bond motifs is 3. The molecule has 4 rings (SSSR count). The summed E-state index contributed by atoms with van der Waals surface area (Å²) in [7, 11) is 0. The van der Waals surface area contributed by atoms with E-state index in [1.165, 1.54) is 0 Å². The van der Waals surface area contributed by atoms with Gasteiger partial charge in [0.05, 0.1) is 17.4 Å². The summed E-state index contributed by atoms with van der Waals surface area (Å²) in [5.41, 5.74) is -2.06. The third-order valence-corrected chi connectivity index (χ3v) is 8.46. The summed E-state index contributed by atoms with van der Waals surface area (Å²) >= 11 is 0. The lowest BCUT2D eigenvalue weighted by Crippen LogP contribution is -2.52. The Labute approximate surface area is 152 Å². The molecular formula is C20H26O6. The lowest BCUT2D eigenvalue weighted by Gasteiger charge is -2.49. The number of hydrogen-bond donors (Lipinski definition) is 3. The van der Waals surface area contributed by atoms with Gasteiger partial charge in [0, 0.05) is 17.3 Å². The van der Waals surface area contributed by atoms with Gasteiger partial charge in [-0.3, -0.25) is 9.59 Å². The van der Waals surface area contributed by atoms with Crippen molar-refractivity contribution in [2.45, 2.75) is 51.6 Å². The molecule has 8 atom stereocenters. The van der Waals surface area contributed by atoms with E-state index < -0.39 is 46.1 Å². The van der Waals surface area contributed by atoms with Crippen LogP contribution in [-0.2, 0) is 14.4 Å². The first kappa shape index (κ1) is 17.7. The summed E-state index contributed by atoms with van der Waals surface area (Å²) in [4.78, 5) is 37.1. The molecule has 0 aromatic rings. The third-order valence-electron chi connectivity index (χ3n) is 8.46. The Kier molecular flexibility index (Phi) is 3.53. The predicted octanol–water partition coefficient (Wildman–Crippen LogP) is 2.11. The molecule has 0 amide bonds. The van der Waals surface area contributed by atoms with Gasteiger partial charge in [-0.15, -0.1) is 0 Å². The molecule has 26 heavy (non-hydrogen) atoms. The highest BCUT2D eigenvalue weighted by Gasteiger charge is 2.77. The van der Waals surface area contributed by atoms with Gasteiger partial charge >= 0.3 is 11.9 Å². The van der Waals surface area contributed by atoms with E-state index >= 15 is 0 Å². The van der Waals surface area contributed by atoms with Crippen LogP contribution >= 0.6 is 0 Å². The number of aldehydes is 1. The largest absolute Gasteiger partial charge is 0.481 e. The molecule has 3 N–H and O–H groups in total. The molecular weight excluding hydrogens is 336 g/mol. The fourth-order valence-electron chi connectivity index (χ4n) is 7.61. The van der Waals surface area contributed by atoms with Crippen LogP contribution in [0.4, 0.5) is 0 Å². The molecule has 4 fully saturated rings. The van der Waals surface area contributed by atoms with Gasteiger partial charge in [-0.2, -0.15) is 0 Å². The lowest BCUT2D eigenvalue weighted by molar-refractivity contribution is -0.167. The number of rotatable bonds is 3. The molecule has 0 aromatic carbocycles. The van der Waals surface area contributed by atoms with Gasteiger partial charge in [-0.1, -0.05) is 18.6 Å². The van der Waals surface area contributed by atoms with Crippen molar-refractivity contribution < 1.29 is 29.7 Å². The second-order valence-electron chi connectivity index (χ2n) is 9.33. The molecule has 142 valence electrons. The number of aliphatic hydroxyl groups excluding tert-OH is 1. The van der Waals surface area contributed by atoms with E-state index in [0.717, 1.165) is 11.9 Å². The van der Waals surface area contributed by atoms with Crippen molar-refractivity contribution in [1.29, 1.82) is 0 Å². The predicted molar refractivity (Wildman–Crippen MR) is 91.1 cm³/mol. The van der Waals surface area contributed by atoms with E-state index in [-0.39, 0.29) is 11.8 Å². The Hall–Kier alpha value is -1.69. The van der Waals surface area contributed by atoms with Crippen molar-refractivity contribution in [3.63, 3.8) is 0 Å². The van der Waals surface area contributed by atoms with Crippen LogP contribution in [0.25, 0.3) is 0 Å². The minimum atomic E-state index is -1.25. The van der Waals surface area contributed by atoms with Gasteiger partial charge < -0.3 is 20.1 Å². The van der Waals surface area contributed by atoms with Gasteiger partial charge in [-0.25, -0.2) is 0 Å². The van der Waals surface area contributed by atoms with Crippen LogP contribution in [0.1, 0.15) is 45.4 Å². The number of hydrogen-bond acceptors (Lipinski definition) is 4. The molecule has 4 aliphatic carbocycles. The Bertz CT molecular complexity index is 715. The van der Waals surface area contributed by atoms with Crippen molar-refractivity contribution in [2.75, 3.05) is 0 Å². The molecule has 0 heterocycles. The number of carbonyl (C=O) groups excluding carboxylic acids is 1. The van der Waals surface area contributed by atoms with Crippen LogP contribution in [0.3, 0.4) is 0 Å². The average Bonchev–Trinajstić information content (AvgIpc) is 3.00. The van der Waals surface area contributed by atoms with Gasteiger partial charge in [0.15, 0.2) is 0 Å². The zero-order chi connectivity index (χ0) is 19.1. The molecule has 1 spiro atoms. The van der Waals surface area contributed by atoms with Crippen molar-refractivity contribution in [3.8, 4) is 0 Å². The van der Waals surface area contributed by atoms with Crippen molar-refractivity contribution in [3.05, 3.63) is 12.2 Å². The van der Waals surface area contributed by atoms with Crippen molar-refractivity contribution in [1.82, 2.24) is 0 Å². The molecule has 4 saturated carbocycles. The number of aliphatic hydroxyl groups is 1. The van der Waals surface area contributed by atoms with Crippen LogP contribution in [-0.4, -0.2) is 39.6 Å². The second kappa shape index (κ2) is 5.18. The molecule has 0 radical (unpaired) electrons. The van der Waals surface area contributed by atoms with E-state index in [1.54, 1.807) is 6.92 Å². The normalized spacial score (nSPS) is 52.2. The Balaban J connectivity index is 1.98. The highest BCUT2D eigenvalue weighted by Crippen LogP contribution is 2.77. The molecule has 0 aliphatic heterocycles. The first-order valence-corrected chi connectivity index (χ1v) is 9.42. The summed E-state index contributed by atoms with van der Waals surface area (Å²) < 4.78 is 0. The number of carboxylic acids is 2. The SMILES string of the molecule is C=C1C[C@@]23CC1[C@H](O)C[C@H]2[C@]1(C=O)CCC[C@@](C)(C(=O)O)[C@H]1[C@@H]3C(=O)O. The summed E-state index contributed by atoms with van der Waals surface area (Å²) in [6.45, 7) is 5.69. The first-order chi connectivity index (χ1) is 12.1. The van der Waals surface area contributed by atoms with Crippen LogP contribution in [0.5, 0.6) is 0 Å². The monoisotopic (exact) mass is 362 g/mol. The Morgan fingerprint density at radius 2 is 1.96 bits per heavy atom. The summed E-state index contributed by atoms with van der Waals surface area (Å²) in [6.07, 6.45) is 3.00. The first-order valence-electron chi connectivity index (χ1n) is 9.42. The van der Waals surface area contributed by atoms with E-state index in [0.29, 0.717) is 38.5 Å². The second-order valence-corrected chi connectivity index (χ2v) is 9.33. The Morgan fingerprint density at radius 1 is 1.27 bits per heavy atom. The molecule has 1 unspecified atom stereocenters. The van der Waals surface area contributed by atoms with Gasteiger partial charge in [0.25, 0.3) is 0 Å². The smallest absolute Gasteiger partial charge is 0.309 e. The maximum Gasteiger partial charge on any atom is 0.309 e. The highest BCUT2D eigenvalue weighted by atomic mass is 16.4. The molecule has 4 aliphatic rings. The third kappa shape index (κ3) is 1.79. The highest BCUT2D eigenvalue weighted by molar-refractivity contribution is 5.82. The van der Waals surface area contributed by atoms with Crippen LogP contribution in [0.15, 0.2) is 12.2 Å². The zero-order valence-electron chi connectivity index (χ0n) is 15.0. The van der Waals surface area contributed by atoms with Gasteiger partial charge in [-0.05, 0) is 50.4 Å². The van der Waals surface area contributed by atoms with Crippen LogP contribution < -0.4 is 0 Å². The van der Waals surface area contributed by atoms with Gasteiger partial charge in [0.1, 0.15) is 6.29 Å². The maximum absolute atomic E-state index is 12.5. The van der Waals surface area contributed by atoms with E-state index in [9.17, 15) is 29.7 Å².